The van der Waals surface area contributed by atoms with Gasteiger partial charge in [-0.25, -0.2) is 9.59 Å². The normalized spacial score (nSPS) is 18.9. The molecule has 2 heterocycles. The van der Waals surface area contributed by atoms with E-state index in [0.717, 1.165) is 48.2 Å². The molecule has 8 nitrogen and oxygen atoms in total. The van der Waals surface area contributed by atoms with Crippen molar-refractivity contribution in [3.63, 3.8) is 0 Å². The fraction of sp³-hybridized carbons (Fsp3) is 0.360. The van der Waals surface area contributed by atoms with Crippen molar-refractivity contribution >= 4 is 29.3 Å². The Morgan fingerprint density at radius 3 is 2.44 bits per heavy atom. The number of anilines is 1. The van der Waals surface area contributed by atoms with Gasteiger partial charge < -0.3 is 25.0 Å². The predicted molar refractivity (Wildman–Crippen MR) is 131 cm³/mol. The standard InChI is InChI=1S/C25H29ClN4O4/c1-3-34-18-10-8-17(9-11-18)23-22(24(31)33-2)20(27-25(32)28-23)16-29-12-14-30(15-13-29)21-7-5-4-6-19(21)26/h4-11,23H,3,12-16H2,1-2H3,(H2,27,28,32). The van der Waals surface area contributed by atoms with E-state index >= 15 is 0 Å². The van der Waals surface area contributed by atoms with Gasteiger partial charge in [-0.15, -0.1) is 0 Å². The summed E-state index contributed by atoms with van der Waals surface area (Å²) >= 11 is 6.36. The van der Waals surface area contributed by atoms with Crippen LogP contribution in [0.2, 0.25) is 5.02 Å². The average Bonchev–Trinajstić information content (AvgIpc) is 2.85. The number of esters is 1. The Balaban J connectivity index is 1.54. The zero-order chi connectivity index (χ0) is 24.1. The summed E-state index contributed by atoms with van der Waals surface area (Å²) in [5.74, 6) is 0.253. The molecule has 2 aromatic rings. The number of carbonyl (C=O) groups is 2. The number of benzene rings is 2. The number of amides is 2. The number of piperazine rings is 1. The van der Waals surface area contributed by atoms with Gasteiger partial charge in [0.15, 0.2) is 0 Å². The van der Waals surface area contributed by atoms with E-state index in [2.05, 4.69) is 20.4 Å². The Kier molecular flexibility index (Phi) is 7.59. The number of ether oxygens (including phenoxy) is 2. The van der Waals surface area contributed by atoms with Crippen molar-refractivity contribution in [3.8, 4) is 5.75 Å². The van der Waals surface area contributed by atoms with E-state index in [-0.39, 0.29) is 6.03 Å². The molecule has 9 heteroatoms. The summed E-state index contributed by atoms with van der Waals surface area (Å²) in [5, 5.41) is 6.43. The van der Waals surface area contributed by atoms with Gasteiger partial charge in [-0.05, 0) is 36.8 Å². The van der Waals surface area contributed by atoms with Crippen LogP contribution < -0.4 is 20.3 Å². The average molecular weight is 485 g/mol. The van der Waals surface area contributed by atoms with Gasteiger partial charge in [-0.1, -0.05) is 35.9 Å². The third kappa shape index (κ3) is 5.29. The second-order valence-electron chi connectivity index (χ2n) is 8.13. The number of rotatable bonds is 7. The van der Waals surface area contributed by atoms with Crippen molar-refractivity contribution in [1.29, 1.82) is 0 Å². The molecule has 0 aromatic heterocycles. The fourth-order valence-electron chi connectivity index (χ4n) is 4.35. The van der Waals surface area contributed by atoms with Crippen LogP contribution in [-0.4, -0.2) is 63.3 Å². The van der Waals surface area contributed by atoms with E-state index in [9.17, 15) is 9.59 Å². The summed E-state index contributed by atoms with van der Waals surface area (Å²) in [6, 6.07) is 14.2. The summed E-state index contributed by atoms with van der Waals surface area (Å²) < 4.78 is 10.6. The smallest absolute Gasteiger partial charge is 0.338 e. The lowest BCUT2D eigenvalue weighted by molar-refractivity contribution is -0.136. The molecule has 1 atom stereocenters. The lowest BCUT2D eigenvalue weighted by Gasteiger charge is -2.38. The maximum Gasteiger partial charge on any atom is 0.338 e. The first kappa shape index (κ1) is 23.9. The van der Waals surface area contributed by atoms with Crippen molar-refractivity contribution in [1.82, 2.24) is 15.5 Å². The molecule has 0 radical (unpaired) electrons. The Bertz CT molecular complexity index is 1060. The van der Waals surface area contributed by atoms with E-state index < -0.39 is 12.0 Å². The summed E-state index contributed by atoms with van der Waals surface area (Å²) in [6.07, 6.45) is 0. The molecule has 0 aliphatic carbocycles. The summed E-state index contributed by atoms with van der Waals surface area (Å²) in [7, 11) is 1.35. The Morgan fingerprint density at radius 1 is 1.09 bits per heavy atom. The quantitative estimate of drug-likeness (QED) is 0.586. The molecule has 1 unspecified atom stereocenters. The zero-order valence-corrected chi connectivity index (χ0v) is 20.1. The van der Waals surface area contributed by atoms with Crippen molar-refractivity contribution < 1.29 is 19.1 Å². The minimum Gasteiger partial charge on any atom is -0.494 e. The van der Waals surface area contributed by atoms with E-state index in [0.29, 0.717) is 24.4 Å². The number of urea groups is 1. The monoisotopic (exact) mass is 484 g/mol. The van der Waals surface area contributed by atoms with Gasteiger partial charge in [-0.2, -0.15) is 0 Å². The van der Waals surface area contributed by atoms with Crippen molar-refractivity contribution in [2.24, 2.45) is 0 Å². The molecule has 2 N–H and O–H groups in total. The van der Waals surface area contributed by atoms with Crippen LogP contribution in [0.5, 0.6) is 5.75 Å². The SMILES string of the molecule is CCOc1ccc(C2NC(=O)NC(CN3CCN(c4ccccc4Cl)CC3)=C2C(=O)OC)cc1. The first-order chi connectivity index (χ1) is 16.5. The van der Waals surface area contributed by atoms with Gasteiger partial charge in [0.1, 0.15) is 5.75 Å². The van der Waals surface area contributed by atoms with E-state index in [1.54, 1.807) is 0 Å². The number of para-hydroxylation sites is 1. The highest BCUT2D eigenvalue weighted by Gasteiger charge is 2.34. The minimum absolute atomic E-state index is 0.351. The molecule has 0 spiro atoms. The number of nitrogens with zero attached hydrogens (tertiary/aromatic N) is 2. The summed E-state index contributed by atoms with van der Waals surface area (Å²) in [6.45, 7) is 6.02. The van der Waals surface area contributed by atoms with Crippen LogP contribution in [0.15, 0.2) is 59.8 Å². The second kappa shape index (κ2) is 10.8. The highest BCUT2D eigenvalue weighted by molar-refractivity contribution is 6.33. The first-order valence-electron chi connectivity index (χ1n) is 11.3. The van der Waals surface area contributed by atoms with Crippen LogP contribution in [0.3, 0.4) is 0 Å². The van der Waals surface area contributed by atoms with Crippen molar-refractivity contribution in [2.45, 2.75) is 13.0 Å². The van der Waals surface area contributed by atoms with Crippen LogP contribution in [-0.2, 0) is 9.53 Å². The van der Waals surface area contributed by atoms with Crippen molar-refractivity contribution in [3.05, 3.63) is 70.4 Å². The molecule has 2 aromatic carbocycles. The van der Waals surface area contributed by atoms with E-state index in [1.807, 2.05) is 55.5 Å². The number of halogens is 1. The number of nitrogens with one attached hydrogen (secondary N) is 2. The lowest BCUT2D eigenvalue weighted by atomic mass is 9.95. The minimum atomic E-state index is -0.615. The Morgan fingerprint density at radius 2 is 1.79 bits per heavy atom. The molecule has 4 rings (SSSR count). The predicted octanol–water partition coefficient (Wildman–Crippen LogP) is 3.34. The molecule has 2 aliphatic rings. The third-order valence-electron chi connectivity index (χ3n) is 6.03. The highest BCUT2D eigenvalue weighted by Crippen LogP contribution is 2.30. The second-order valence-corrected chi connectivity index (χ2v) is 8.54. The van der Waals surface area contributed by atoms with Gasteiger partial charge >= 0.3 is 12.0 Å². The van der Waals surface area contributed by atoms with E-state index in [1.165, 1.54) is 7.11 Å². The van der Waals surface area contributed by atoms with Crippen LogP contribution >= 0.6 is 11.6 Å². The zero-order valence-electron chi connectivity index (χ0n) is 19.3. The maximum atomic E-state index is 12.8. The Hall–Kier alpha value is -3.23. The van der Waals surface area contributed by atoms with Gasteiger partial charge in [0, 0.05) is 38.4 Å². The molecular weight excluding hydrogens is 456 g/mol. The number of carbonyl (C=O) groups excluding carboxylic acids is 2. The number of hydrogen-bond acceptors (Lipinski definition) is 6. The van der Waals surface area contributed by atoms with Crippen LogP contribution in [0.4, 0.5) is 10.5 Å². The third-order valence-corrected chi connectivity index (χ3v) is 6.35. The molecule has 34 heavy (non-hydrogen) atoms. The van der Waals surface area contributed by atoms with Crippen LogP contribution in [0, 0.1) is 0 Å². The van der Waals surface area contributed by atoms with Crippen molar-refractivity contribution in [2.75, 3.05) is 51.3 Å². The Labute approximate surface area is 204 Å². The van der Waals surface area contributed by atoms with Crippen LogP contribution in [0.1, 0.15) is 18.5 Å². The fourth-order valence-corrected chi connectivity index (χ4v) is 4.60. The topological polar surface area (TPSA) is 83.1 Å². The van der Waals surface area contributed by atoms with Crippen LogP contribution in [0.25, 0.3) is 0 Å². The number of hydrogen-bond donors (Lipinski definition) is 2. The lowest BCUT2D eigenvalue weighted by Crippen LogP contribution is -2.51. The molecule has 0 saturated carbocycles. The summed E-state index contributed by atoms with van der Waals surface area (Å²) in [4.78, 5) is 29.8. The maximum absolute atomic E-state index is 12.8. The molecular formula is C25H29ClN4O4. The molecule has 2 amide bonds. The summed E-state index contributed by atoms with van der Waals surface area (Å²) in [5.41, 5.74) is 2.75. The number of methoxy groups -OCH3 is 1. The molecule has 2 aliphatic heterocycles. The highest BCUT2D eigenvalue weighted by atomic mass is 35.5. The molecule has 0 bridgehead atoms. The molecule has 1 fully saturated rings. The largest absolute Gasteiger partial charge is 0.494 e. The van der Waals surface area contributed by atoms with Gasteiger partial charge in [0.2, 0.25) is 0 Å². The molecule has 180 valence electrons. The van der Waals surface area contributed by atoms with E-state index in [4.69, 9.17) is 21.1 Å². The van der Waals surface area contributed by atoms with Gasteiger partial charge in [0.25, 0.3) is 0 Å². The van der Waals surface area contributed by atoms with Gasteiger partial charge in [-0.3, -0.25) is 4.90 Å². The first-order valence-corrected chi connectivity index (χ1v) is 11.7. The molecule has 1 saturated heterocycles. The van der Waals surface area contributed by atoms with Gasteiger partial charge in [0.05, 0.1) is 36.0 Å².